The molecule has 5 heteroatoms. The standard InChI is InChI=1S/C8H10N4S/c1-13-3-2-7-11-6-4-9-5-10-8(6)12-7/h4-5H,2-3H2,1H3,(H,9,10,11,12). The van der Waals surface area contributed by atoms with E-state index in [-0.39, 0.29) is 0 Å². The summed E-state index contributed by atoms with van der Waals surface area (Å²) in [4.78, 5) is 15.5. The Balaban J connectivity index is 2.28. The number of imidazole rings is 1. The topological polar surface area (TPSA) is 54.5 Å². The highest BCUT2D eigenvalue weighted by molar-refractivity contribution is 7.98. The van der Waals surface area contributed by atoms with Crippen molar-refractivity contribution in [1.82, 2.24) is 19.9 Å². The van der Waals surface area contributed by atoms with Crippen LogP contribution in [0.5, 0.6) is 0 Å². The Morgan fingerprint density at radius 2 is 2.46 bits per heavy atom. The van der Waals surface area contributed by atoms with E-state index < -0.39 is 0 Å². The first-order valence-corrected chi connectivity index (χ1v) is 5.43. The molecule has 0 saturated heterocycles. The van der Waals surface area contributed by atoms with Crippen LogP contribution in [-0.4, -0.2) is 31.9 Å². The molecule has 13 heavy (non-hydrogen) atoms. The van der Waals surface area contributed by atoms with Crippen molar-refractivity contribution in [1.29, 1.82) is 0 Å². The van der Waals surface area contributed by atoms with E-state index in [2.05, 4.69) is 26.2 Å². The lowest BCUT2D eigenvalue weighted by molar-refractivity contribution is 1.01. The molecule has 0 bridgehead atoms. The van der Waals surface area contributed by atoms with Gasteiger partial charge in [-0.05, 0) is 6.26 Å². The maximum atomic E-state index is 4.33. The second kappa shape index (κ2) is 3.74. The van der Waals surface area contributed by atoms with E-state index in [1.54, 1.807) is 6.20 Å². The Kier molecular flexibility index (Phi) is 2.44. The number of hydrogen-bond acceptors (Lipinski definition) is 4. The highest BCUT2D eigenvalue weighted by Crippen LogP contribution is 2.07. The Bertz CT molecular complexity index is 365. The van der Waals surface area contributed by atoms with Crippen LogP contribution < -0.4 is 0 Å². The predicted octanol–water partition coefficient (Wildman–Crippen LogP) is 1.26. The first-order valence-electron chi connectivity index (χ1n) is 4.03. The van der Waals surface area contributed by atoms with Gasteiger partial charge in [0.15, 0.2) is 5.65 Å². The van der Waals surface area contributed by atoms with Gasteiger partial charge in [-0.2, -0.15) is 11.8 Å². The molecule has 0 amide bonds. The molecule has 2 rings (SSSR count). The van der Waals surface area contributed by atoms with Crippen molar-refractivity contribution >= 4 is 22.9 Å². The molecule has 0 aliphatic rings. The zero-order chi connectivity index (χ0) is 9.10. The normalized spacial score (nSPS) is 10.8. The molecule has 0 atom stereocenters. The molecule has 0 unspecified atom stereocenters. The van der Waals surface area contributed by atoms with E-state index in [4.69, 9.17) is 0 Å². The second-order valence-electron chi connectivity index (χ2n) is 2.69. The van der Waals surface area contributed by atoms with Crippen LogP contribution in [0.3, 0.4) is 0 Å². The van der Waals surface area contributed by atoms with Gasteiger partial charge in [0, 0.05) is 12.2 Å². The van der Waals surface area contributed by atoms with Crippen LogP contribution in [0, 0.1) is 0 Å². The van der Waals surface area contributed by atoms with Crippen molar-refractivity contribution in [2.75, 3.05) is 12.0 Å². The average Bonchev–Trinajstić information content (AvgIpc) is 2.57. The Morgan fingerprint density at radius 1 is 1.54 bits per heavy atom. The number of hydrogen-bond donors (Lipinski definition) is 1. The highest BCUT2D eigenvalue weighted by atomic mass is 32.2. The second-order valence-corrected chi connectivity index (χ2v) is 3.67. The van der Waals surface area contributed by atoms with E-state index in [1.165, 1.54) is 6.33 Å². The molecule has 1 N–H and O–H groups in total. The first kappa shape index (κ1) is 8.50. The summed E-state index contributed by atoms with van der Waals surface area (Å²) in [5.41, 5.74) is 1.67. The fourth-order valence-electron chi connectivity index (χ4n) is 1.13. The molecule has 0 radical (unpaired) electrons. The molecule has 0 aromatic carbocycles. The van der Waals surface area contributed by atoms with E-state index in [9.17, 15) is 0 Å². The molecule has 68 valence electrons. The SMILES string of the molecule is CSCCc1nc2ncncc2[nH]1. The summed E-state index contributed by atoms with van der Waals surface area (Å²) in [5.74, 6) is 2.07. The van der Waals surface area contributed by atoms with Gasteiger partial charge in [0.05, 0.1) is 6.20 Å². The van der Waals surface area contributed by atoms with Crippen molar-refractivity contribution < 1.29 is 0 Å². The Hall–Kier alpha value is -1.10. The summed E-state index contributed by atoms with van der Waals surface area (Å²) < 4.78 is 0. The van der Waals surface area contributed by atoms with Crippen LogP contribution in [-0.2, 0) is 6.42 Å². The van der Waals surface area contributed by atoms with Crippen molar-refractivity contribution in [3.05, 3.63) is 18.3 Å². The van der Waals surface area contributed by atoms with Gasteiger partial charge in [0.1, 0.15) is 17.7 Å². The van der Waals surface area contributed by atoms with Crippen LogP contribution in [0.25, 0.3) is 11.2 Å². The predicted molar refractivity (Wildman–Crippen MR) is 53.8 cm³/mol. The van der Waals surface area contributed by atoms with Gasteiger partial charge in [0.25, 0.3) is 0 Å². The van der Waals surface area contributed by atoms with E-state index in [1.807, 2.05) is 11.8 Å². The van der Waals surface area contributed by atoms with Crippen molar-refractivity contribution in [3.8, 4) is 0 Å². The average molecular weight is 194 g/mol. The van der Waals surface area contributed by atoms with Crippen molar-refractivity contribution in [2.24, 2.45) is 0 Å². The number of thioether (sulfide) groups is 1. The molecular weight excluding hydrogens is 184 g/mol. The largest absolute Gasteiger partial charge is 0.339 e. The molecule has 0 fully saturated rings. The van der Waals surface area contributed by atoms with Crippen LogP contribution in [0.15, 0.2) is 12.5 Å². The van der Waals surface area contributed by atoms with Crippen molar-refractivity contribution in [3.63, 3.8) is 0 Å². The number of nitrogens with one attached hydrogen (secondary N) is 1. The van der Waals surface area contributed by atoms with Gasteiger partial charge < -0.3 is 4.98 Å². The number of aryl methyl sites for hydroxylation is 1. The Morgan fingerprint density at radius 3 is 3.23 bits per heavy atom. The van der Waals surface area contributed by atoms with Crippen LogP contribution >= 0.6 is 11.8 Å². The third kappa shape index (κ3) is 1.80. The molecule has 0 aliphatic carbocycles. The summed E-state index contributed by atoms with van der Waals surface area (Å²) in [6.45, 7) is 0. The maximum Gasteiger partial charge on any atom is 0.180 e. The molecule has 0 aliphatic heterocycles. The van der Waals surface area contributed by atoms with E-state index in [0.29, 0.717) is 0 Å². The summed E-state index contributed by atoms with van der Waals surface area (Å²) in [7, 11) is 0. The summed E-state index contributed by atoms with van der Waals surface area (Å²) in [6, 6.07) is 0. The molecule has 0 spiro atoms. The summed E-state index contributed by atoms with van der Waals surface area (Å²) in [6.07, 6.45) is 6.30. The molecular formula is C8H10N4S. The monoisotopic (exact) mass is 194 g/mol. The lowest BCUT2D eigenvalue weighted by Gasteiger charge is -1.90. The highest BCUT2D eigenvalue weighted by Gasteiger charge is 2.01. The van der Waals surface area contributed by atoms with Gasteiger partial charge in [-0.3, -0.25) is 0 Å². The number of H-pyrrole nitrogens is 1. The number of fused-ring (bicyclic) bond motifs is 1. The van der Waals surface area contributed by atoms with E-state index >= 15 is 0 Å². The molecule has 4 nitrogen and oxygen atoms in total. The number of aromatic amines is 1. The minimum atomic E-state index is 0.756. The van der Waals surface area contributed by atoms with Crippen LogP contribution in [0.1, 0.15) is 5.82 Å². The molecule has 2 aromatic rings. The fourth-order valence-corrected chi connectivity index (χ4v) is 1.53. The summed E-state index contributed by atoms with van der Waals surface area (Å²) in [5, 5.41) is 0. The Labute approximate surface area is 80.2 Å². The van der Waals surface area contributed by atoms with Gasteiger partial charge in [-0.25, -0.2) is 15.0 Å². The molecule has 2 heterocycles. The zero-order valence-electron chi connectivity index (χ0n) is 7.32. The van der Waals surface area contributed by atoms with Gasteiger partial charge >= 0.3 is 0 Å². The minimum Gasteiger partial charge on any atom is -0.339 e. The lowest BCUT2D eigenvalue weighted by atomic mass is 10.5. The van der Waals surface area contributed by atoms with Crippen LogP contribution in [0.4, 0.5) is 0 Å². The number of rotatable bonds is 3. The maximum absolute atomic E-state index is 4.33. The molecule has 0 saturated carbocycles. The quantitative estimate of drug-likeness (QED) is 0.799. The third-order valence-corrected chi connectivity index (χ3v) is 2.37. The zero-order valence-corrected chi connectivity index (χ0v) is 8.14. The smallest absolute Gasteiger partial charge is 0.180 e. The van der Waals surface area contributed by atoms with Gasteiger partial charge in [-0.15, -0.1) is 0 Å². The van der Waals surface area contributed by atoms with Crippen LogP contribution in [0.2, 0.25) is 0 Å². The number of aromatic nitrogens is 4. The summed E-state index contributed by atoms with van der Waals surface area (Å²) >= 11 is 1.81. The van der Waals surface area contributed by atoms with Crippen molar-refractivity contribution in [2.45, 2.75) is 6.42 Å². The lowest BCUT2D eigenvalue weighted by Crippen LogP contribution is -1.89. The fraction of sp³-hybridized carbons (Fsp3) is 0.375. The third-order valence-electron chi connectivity index (χ3n) is 1.75. The number of nitrogens with zero attached hydrogens (tertiary/aromatic N) is 3. The first-order chi connectivity index (χ1) is 6.40. The van der Waals surface area contributed by atoms with E-state index in [0.717, 1.165) is 29.2 Å². The molecule has 2 aromatic heterocycles. The minimum absolute atomic E-state index is 0.756. The van der Waals surface area contributed by atoms with Gasteiger partial charge in [-0.1, -0.05) is 0 Å². The van der Waals surface area contributed by atoms with Gasteiger partial charge in [0.2, 0.25) is 0 Å².